The van der Waals surface area contributed by atoms with E-state index >= 15 is 0 Å². The monoisotopic (exact) mass is 274 g/mol. The van der Waals surface area contributed by atoms with E-state index in [0.717, 1.165) is 4.88 Å². The van der Waals surface area contributed by atoms with Crippen molar-refractivity contribution in [2.45, 2.75) is 19.4 Å². The molecule has 92 valence electrons. The predicted octanol–water partition coefficient (Wildman–Crippen LogP) is 4.55. The Morgan fingerprint density at radius 1 is 1.17 bits per heavy atom. The molecule has 0 bridgehead atoms. The lowest BCUT2D eigenvalue weighted by molar-refractivity contribution is 0.183. The number of thiophene rings is 2. The summed E-state index contributed by atoms with van der Waals surface area (Å²) in [5, 5.41) is 13.7. The summed E-state index contributed by atoms with van der Waals surface area (Å²) in [5.74, 6) is 0. The number of hydrogen-bond acceptors (Lipinski definition) is 3. The molecule has 3 heteroatoms. The number of rotatable bonds is 3. The molecule has 1 nitrogen and oxygen atoms in total. The molecule has 0 spiro atoms. The first-order chi connectivity index (χ1) is 8.74. The van der Waals surface area contributed by atoms with Crippen molar-refractivity contribution in [1.82, 2.24) is 0 Å². The molecule has 0 saturated heterocycles. The van der Waals surface area contributed by atoms with Crippen molar-refractivity contribution in [3.05, 3.63) is 57.1 Å². The van der Waals surface area contributed by atoms with Gasteiger partial charge in [0, 0.05) is 20.9 Å². The summed E-state index contributed by atoms with van der Waals surface area (Å²) in [7, 11) is 0. The quantitative estimate of drug-likeness (QED) is 0.743. The summed E-state index contributed by atoms with van der Waals surface area (Å²) < 4.78 is 1.29. The van der Waals surface area contributed by atoms with Crippen LogP contribution in [0, 0.1) is 6.92 Å². The van der Waals surface area contributed by atoms with Gasteiger partial charge in [0.25, 0.3) is 0 Å². The van der Waals surface area contributed by atoms with E-state index < -0.39 is 0 Å². The Kier molecular flexibility index (Phi) is 3.20. The van der Waals surface area contributed by atoms with E-state index in [1.54, 1.807) is 22.7 Å². The Morgan fingerprint density at radius 2 is 2.00 bits per heavy atom. The fourth-order valence-electron chi connectivity index (χ4n) is 2.13. The second kappa shape index (κ2) is 4.84. The summed E-state index contributed by atoms with van der Waals surface area (Å²) in [5.41, 5.74) is 1.24. The van der Waals surface area contributed by atoms with Crippen molar-refractivity contribution in [2.24, 2.45) is 0 Å². The molecule has 1 unspecified atom stereocenters. The van der Waals surface area contributed by atoms with Gasteiger partial charge in [-0.3, -0.25) is 0 Å². The standard InChI is InChI=1S/C15H14OS2/c1-10-6-7-15(18-10)13(16)8-11-9-17-14-5-3-2-4-12(11)14/h2-7,9,13,16H,8H2,1H3. The van der Waals surface area contributed by atoms with Gasteiger partial charge in [0.05, 0.1) is 6.10 Å². The third kappa shape index (κ3) is 2.21. The zero-order chi connectivity index (χ0) is 12.5. The lowest BCUT2D eigenvalue weighted by atomic mass is 10.1. The van der Waals surface area contributed by atoms with Gasteiger partial charge in [0.2, 0.25) is 0 Å². The van der Waals surface area contributed by atoms with Crippen LogP contribution in [0.4, 0.5) is 0 Å². The molecule has 18 heavy (non-hydrogen) atoms. The Balaban J connectivity index is 1.88. The fraction of sp³-hybridized carbons (Fsp3) is 0.200. The van der Waals surface area contributed by atoms with E-state index in [9.17, 15) is 5.11 Å². The van der Waals surface area contributed by atoms with Crippen molar-refractivity contribution < 1.29 is 5.11 Å². The smallest absolute Gasteiger partial charge is 0.0922 e. The predicted molar refractivity (Wildman–Crippen MR) is 79.5 cm³/mol. The van der Waals surface area contributed by atoms with Crippen LogP contribution in [0.15, 0.2) is 41.8 Å². The highest BCUT2D eigenvalue weighted by Crippen LogP contribution is 2.31. The number of aryl methyl sites for hydroxylation is 1. The van der Waals surface area contributed by atoms with Crippen molar-refractivity contribution in [2.75, 3.05) is 0 Å². The summed E-state index contributed by atoms with van der Waals surface area (Å²) in [4.78, 5) is 2.31. The maximum absolute atomic E-state index is 10.3. The van der Waals surface area contributed by atoms with Gasteiger partial charge in [-0.25, -0.2) is 0 Å². The van der Waals surface area contributed by atoms with Crippen LogP contribution >= 0.6 is 22.7 Å². The number of hydrogen-bond donors (Lipinski definition) is 1. The van der Waals surface area contributed by atoms with E-state index in [1.165, 1.54) is 20.5 Å². The van der Waals surface area contributed by atoms with Crippen LogP contribution in [-0.2, 0) is 6.42 Å². The zero-order valence-corrected chi connectivity index (χ0v) is 11.7. The highest BCUT2D eigenvalue weighted by molar-refractivity contribution is 7.17. The Labute approximate surface area is 114 Å². The maximum atomic E-state index is 10.3. The van der Waals surface area contributed by atoms with Gasteiger partial charge in [-0.2, -0.15) is 0 Å². The summed E-state index contributed by atoms with van der Waals surface area (Å²) in [6.45, 7) is 2.07. The van der Waals surface area contributed by atoms with Crippen LogP contribution in [0.1, 0.15) is 21.4 Å². The molecule has 1 atom stereocenters. The van der Waals surface area contributed by atoms with Crippen LogP contribution < -0.4 is 0 Å². The van der Waals surface area contributed by atoms with Gasteiger partial charge < -0.3 is 5.11 Å². The Bertz CT molecular complexity index is 666. The third-order valence-corrected chi connectivity index (χ3v) is 5.18. The average Bonchev–Trinajstić information content (AvgIpc) is 2.97. The number of aliphatic hydroxyl groups is 1. The van der Waals surface area contributed by atoms with Crippen LogP contribution in [0.3, 0.4) is 0 Å². The van der Waals surface area contributed by atoms with E-state index in [-0.39, 0.29) is 6.10 Å². The van der Waals surface area contributed by atoms with Crippen molar-refractivity contribution in [3.8, 4) is 0 Å². The van der Waals surface area contributed by atoms with Crippen LogP contribution in [0.2, 0.25) is 0 Å². The maximum Gasteiger partial charge on any atom is 0.0922 e. The summed E-state index contributed by atoms with van der Waals surface area (Å²) in [6.07, 6.45) is 0.311. The highest BCUT2D eigenvalue weighted by Gasteiger charge is 2.13. The minimum absolute atomic E-state index is 0.387. The molecule has 0 aliphatic heterocycles. The normalized spacial score (nSPS) is 13.0. The van der Waals surface area contributed by atoms with Crippen LogP contribution in [-0.4, -0.2) is 5.11 Å². The fourth-order valence-corrected chi connectivity index (χ4v) is 3.97. The van der Waals surface area contributed by atoms with Crippen molar-refractivity contribution in [3.63, 3.8) is 0 Å². The Hall–Kier alpha value is -1.16. The summed E-state index contributed by atoms with van der Waals surface area (Å²) in [6, 6.07) is 12.5. The van der Waals surface area contributed by atoms with Gasteiger partial charge in [0.15, 0.2) is 0 Å². The molecular weight excluding hydrogens is 260 g/mol. The van der Waals surface area contributed by atoms with E-state index in [1.807, 2.05) is 6.07 Å². The van der Waals surface area contributed by atoms with Gasteiger partial charge in [-0.05, 0) is 41.5 Å². The van der Waals surface area contributed by atoms with E-state index in [0.29, 0.717) is 6.42 Å². The van der Waals surface area contributed by atoms with Crippen LogP contribution in [0.5, 0.6) is 0 Å². The molecule has 1 N–H and O–H groups in total. The third-order valence-electron chi connectivity index (χ3n) is 3.06. The van der Waals surface area contributed by atoms with Gasteiger partial charge in [-0.15, -0.1) is 22.7 Å². The molecule has 0 saturated carbocycles. The largest absolute Gasteiger partial charge is 0.387 e. The zero-order valence-electron chi connectivity index (χ0n) is 10.1. The highest BCUT2D eigenvalue weighted by atomic mass is 32.1. The second-order valence-electron chi connectivity index (χ2n) is 4.43. The number of fused-ring (bicyclic) bond motifs is 1. The topological polar surface area (TPSA) is 20.2 Å². The number of aliphatic hydroxyl groups excluding tert-OH is 1. The lowest BCUT2D eigenvalue weighted by Crippen LogP contribution is -1.98. The minimum Gasteiger partial charge on any atom is -0.387 e. The van der Waals surface area contributed by atoms with Gasteiger partial charge in [-0.1, -0.05) is 18.2 Å². The molecule has 0 aliphatic carbocycles. The first-order valence-corrected chi connectivity index (χ1v) is 7.63. The van der Waals surface area contributed by atoms with Gasteiger partial charge >= 0.3 is 0 Å². The average molecular weight is 274 g/mol. The molecule has 0 fully saturated rings. The molecule has 3 aromatic rings. The first kappa shape index (κ1) is 11.9. The SMILES string of the molecule is Cc1ccc(C(O)Cc2csc3ccccc23)s1. The lowest BCUT2D eigenvalue weighted by Gasteiger charge is -2.07. The van der Waals surface area contributed by atoms with E-state index in [2.05, 4.69) is 42.6 Å². The van der Waals surface area contributed by atoms with Gasteiger partial charge in [0.1, 0.15) is 0 Å². The molecule has 0 amide bonds. The van der Waals surface area contributed by atoms with Crippen molar-refractivity contribution in [1.29, 1.82) is 0 Å². The van der Waals surface area contributed by atoms with Crippen molar-refractivity contribution >= 4 is 32.8 Å². The summed E-state index contributed by atoms with van der Waals surface area (Å²) >= 11 is 3.43. The molecular formula is C15H14OS2. The Morgan fingerprint density at radius 3 is 2.78 bits per heavy atom. The first-order valence-electron chi connectivity index (χ1n) is 5.93. The molecule has 0 radical (unpaired) electrons. The molecule has 1 aromatic carbocycles. The second-order valence-corrected chi connectivity index (χ2v) is 6.66. The molecule has 2 aromatic heterocycles. The van der Waals surface area contributed by atoms with E-state index in [4.69, 9.17) is 0 Å². The number of benzene rings is 1. The molecule has 2 heterocycles. The molecule has 0 aliphatic rings. The molecule has 3 rings (SSSR count). The van der Waals surface area contributed by atoms with Crippen LogP contribution in [0.25, 0.3) is 10.1 Å². The minimum atomic E-state index is -0.387.